The molecule has 0 heterocycles. The molecule has 0 aliphatic heterocycles. The number of amides is 1. The van der Waals surface area contributed by atoms with Crippen LogP contribution in [-0.2, 0) is 0 Å². The molecule has 0 unspecified atom stereocenters. The molecule has 0 radical (unpaired) electrons. The van der Waals surface area contributed by atoms with Gasteiger partial charge in [0.05, 0.1) is 25.8 Å². The molecule has 4 atom stereocenters. The molecule has 1 fully saturated rings. The van der Waals surface area contributed by atoms with Crippen LogP contribution in [0.3, 0.4) is 0 Å². The van der Waals surface area contributed by atoms with Crippen LogP contribution in [0.2, 0.25) is 0 Å². The predicted octanol–water partition coefficient (Wildman–Crippen LogP) is 1.30. The van der Waals surface area contributed by atoms with Crippen LogP contribution in [-0.4, -0.2) is 72.6 Å². The molecule has 7 nitrogen and oxygen atoms in total. The molecular formula is C22H28N2O5. The third-order valence-corrected chi connectivity index (χ3v) is 5.27. The van der Waals surface area contributed by atoms with Gasteiger partial charge in [-0.2, -0.15) is 0 Å². The van der Waals surface area contributed by atoms with Gasteiger partial charge in [-0.3, -0.25) is 9.69 Å². The molecule has 1 saturated carbocycles. The lowest BCUT2D eigenvalue weighted by atomic mass is 10.1. The molecule has 1 amide bonds. The van der Waals surface area contributed by atoms with Crippen LogP contribution in [0.25, 0.3) is 0 Å². The van der Waals surface area contributed by atoms with Gasteiger partial charge in [0.2, 0.25) is 0 Å². The number of nitrogens with zero attached hydrogens (tertiary/aromatic N) is 1. The minimum atomic E-state index is -0.834. The quantitative estimate of drug-likeness (QED) is 0.619. The summed E-state index contributed by atoms with van der Waals surface area (Å²) in [7, 11) is 3.40. The van der Waals surface area contributed by atoms with Gasteiger partial charge in [0.1, 0.15) is 23.7 Å². The second-order valence-electron chi connectivity index (χ2n) is 7.20. The maximum Gasteiger partial charge on any atom is 0.251 e. The molecule has 2 aromatic carbocycles. The smallest absolute Gasteiger partial charge is 0.251 e. The topological polar surface area (TPSA) is 91.3 Å². The van der Waals surface area contributed by atoms with E-state index in [1.165, 1.54) is 0 Å². The summed E-state index contributed by atoms with van der Waals surface area (Å²) in [5.41, 5.74) is 0.558. The van der Waals surface area contributed by atoms with E-state index in [2.05, 4.69) is 5.32 Å². The average molecular weight is 400 g/mol. The van der Waals surface area contributed by atoms with Gasteiger partial charge in [0, 0.05) is 24.6 Å². The summed E-state index contributed by atoms with van der Waals surface area (Å²) < 4.78 is 11.3. The average Bonchev–Trinajstić information content (AvgIpc) is 3.03. The zero-order valence-corrected chi connectivity index (χ0v) is 16.7. The second-order valence-corrected chi connectivity index (χ2v) is 7.20. The predicted molar refractivity (Wildman–Crippen MR) is 109 cm³/mol. The van der Waals surface area contributed by atoms with Gasteiger partial charge >= 0.3 is 0 Å². The highest BCUT2D eigenvalue weighted by molar-refractivity contribution is 5.94. The van der Waals surface area contributed by atoms with Gasteiger partial charge in [0.15, 0.2) is 0 Å². The first kappa shape index (κ1) is 21.1. The number of hydrogen-bond acceptors (Lipinski definition) is 6. The van der Waals surface area contributed by atoms with Crippen LogP contribution in [0, 0.1) is 0 Å². The molecule has 3 rings (SSSR count). The fraction of sp³-hybridized carbons (Fsp3) is 0.409. The van der Waals surface area contributed by atoms with Crippen molar-refractivity contribution in [3.05, 3.63) is 60.2 Å². The zero-order chi connectivity index (χ0) is 20.8. The maximum absolute atomic E-state index is 12.7. The normalized spacial score (nSPS) is 23.8. The standard InChI is InChI=1S/C22H28N2O5/c1-24(11-12-25)20-18(23-22(27)15-7-4-3-5-8-15)14-19(21(20)26)29-17-10-6-9-16(13-17)28-2/h3-10,13,18-21,25-26H,11-12,14H2,1-2H3,(H,23,27)/t18-,19-,20+,21+/m1/s1. The van der Waals surface area contributed by atoms with Gasteiger partial charge in [-0.1, -0.05) is 24.3 Å². The van der Waals surface area contributed by atoms with E-state index in [0.29, 0.717) is 30.0 Å². The summed E-state index contributed by atoms with van der Waals surface area (Å²) in [4.78, 5) is 14.5. The van der Waals surface area contributed by atoms with E-state index >= 15 is 0 Å². The number of carbonyl (C=O) groups excluding carboxylic acids is 1. The van der Waals surface area contributed by atoms with Crippen molar-refractivity contribution in [3.8, 4) is 11.5 Å². The maximum atomic E-state index is 12.7. The summed E-state index contributed by atoms with van der Waals surface area (Å²) in [5, 5.41) is 23.3. The van der Waals surface area contributed by atoms with Gasteiger partial charge < -0.3 is 25.0 Å². The lowest BCUT2D eigenvalue weighted by Crippen LogP contribution is -2.52. The SMILES string of the molecule is COc1cccc(O[C@@H]2C[C@@H](NC(=O)c3ccccc3)[C@H](N(C)CCO)[C@H]2O)c1. The van der Waals surface area contributed by atoms with Crippen molar-refractivity contribution < 1.29 is 24.5 Å². The van der Waals surface area contributed by atoms with Crippen LogP contribution in [0.1, 0.15) is 16.8 Å². The highest BCUT2D eigenvalue weighted by Crippen LogP contribution is 2.30. The Labute approximate surface area is 170 Å². The number of carbonyl (C=O) groups is 1. The third kappa shape index (κ3) is 5.06. The minimum absolute atomic E-state index is 0.0412. The van der Waals surface area contributed by atoms with Crippen LogP contribution >= 0.6 is 0 Å². The summed E-state index contributed by atoms with van der Waals surface area (Å²) in [6.07, 6.45) is -0.898. The Kier molecular flexibility index (Phi) is 7.09. The highest BCUT2D eigenvalue weighted by Gasteiger charge is 2.46. The van der Waals surface area contributed by atoms with E-state index < -0.39 is 12.2 Å². The first-order valence-corrected chi connectivity index (χ1v) is 9.69. The molecule has 0 aromatic heterocycles. The first-order valence-electron chi connectivity index (χ1n) is 9.69. The van der Waals surface area contributed by atoms with Crippen molar-refractivity contribution >= 4 is 5.91 Å². The number of hydrogen-bond donors (Lipinski definition) is 3. The monoisotopic (exact) mass is 400 g/mol. The Bertz CT molecular complexity index is 801. The lowest BCUT2D eigenvalue weighted by molar-refractivity contribution is 0.0109. The first-order chi connectivity index (χ1) is 14.0. The van der Waals surface area contributed by atoms with Crippen LogP contribution in [0.4, 0.5) is 0 Å². The van der Waals surface area contributed by atoms with Crippen LogP contribution in [0.5, 0.6) is 11.5 Å². The Balaban J connectivity index is 1.77. The van der Waals surface area contributed by atoms with Gasteiger partial charge in [-0.15, -0.1) is 0 Å². The molecule has 156 valence electrons. The lowest BCUT2D eigenvalue weighted by Gasteiger charge is -2.31. The Hall–Kier alpha value is -2.61. The number of rotatable bonds is 8. The van der Waals surface area contributed by atoms with Crippen molar-refractivity contribution in [1.29, 1.82) is 0 Å². The second kappa shape index (κ2) is 9.73. The van der Waals surface area contributed by atoms with Crippen molar-refractivity contribution in [2.24, 2.45) is 0 Å². The van der Waals surface area contributed by atoms with E-state index in [-0.39, 0.29) is 24.6 Å². The van der Waals surface area contributed by atoms with Crippen molar-refractivity contribution in [3.63, 3.8) is 0 Å². The number of methoxy groups -OCH3 is 1. The fourth-order valence-electron chi connectivity index (χ4n) is 3.81. The molecule has 1 aliphatic rings. The Morgan fingerprint density at radius 2 is 1.90 bits per heavy atom. The number of aliphatic hydroxyl groups excluding tert-OH is 2. The van der Waals surface area contributed by atoms with E-state index in [1.54, 1.807) is 31.4 Å². The van der Waals surface area contributed by atoms with E-state index in [4.69, 9.17) is 9.47 Å². The summed E-state index contributed by atoms with van der Waals surface area (Å²) >= 11 is 0. The molecule has 1 aliphatic carbocycles. The van der Waals surface area contributed by atoms with E-state index in [9.17, 15) is 15.0 Å². The van der Waals surface area contributed by atoms with Crippen LogP contribution < -0.4 is 14.8 Å². The molecule has 7 heteroatoms. The van der Waals surface area contributed by atoms with Crippen molar-refractivity contribution in [1.82, 2.24) is 10.2 Å². The largest absolute Gasteiger partial charge is 0.497 e. The van der Waals surface area contributed by atoms with Gasteiger partial charge in [-0.25, -0.2) is 0 Å². The molecule has 3 N–H and O–H groups in total. The Morgan fingerprint density at radius 1 is 1.17 bits per heavy atom. The van der Waals surface area contributed by atoms with Crippen molar-refractivity contribution in [2.45, 2.75) is 30.7 Å². The number of benzene rings is 2. The van der Waals surface area contributed by atoms with E-state index in [0.717, 1.165) is 0 Å². The molecule has 0 spiro atoms. The fourth-order valence-corrected chi connectivity index (χ4v) is 3.81. The molecule has 0 saturated heterocycles. The summed E-state index contributed by atoms with van der Waals surface area (Å²) in [6, 6.07) is 15.5. The van der Waals surface area contributed by atoms with Gasteiger partial charge in [0.25, 0.3) is 5.91 Å². The number of ether oxygens (including phenoxy) is 2. The molecular weight excluding hydrogens is 372 g/mol. The number of nitrogens with one attached hydrogen (secondary N) is 1. The van der Waals surface area contributed by atoms with E-state index in [1.807, 2.05) is 42.3 Å². The Morgan fingerprint density at radius 3 is 2.59 bits per heavy atom. The van der Waals surface area contributed by atoms with Crippen LogP contribution in [0.15, 0.2) is 54.6 Å². The van der Waals surface area contributed by atoms with Gasteiger partial charge in [-0.05, 0) is 31.3 Å². The highest BCUT2D eigenvalue weighted by atomic mass is 16.5. The minimum Gasteiger partial charge on any atom is -0.497 e. The number of aliphatic hydroxyl groups is 2. The summed E-state index contributed by atoms with van der Waals surface area (Å²) in [5.74, 6) is 1.05. The van der Waals surface area contributed by atoms with Crippen molar-refractivity contribution in [2.75, 3.05) is 27.3 Å². The number of likely N-dealkylation sites (N-methyl/N-ethyl adjacent to an activating group) is 1. The third-order valence-electron chi connectivity index (χ3n) is 5.27. The zero-order valence-electron chi connectivity index (χ0n) is 16.7. The molecule has 29 heavy (non-hydrogen) atoms. The molecule has 0 bridgehead atoms. The molecule has 2 aromatic rings. The summed E-state index contributed by atoms with van der Waals surface area (Å²) in [6.45, 7) is 0.339.